The summed E-state index contributed by atoms with van der Waals surface area (Å²) < 4.78 is 18.7. The molecule has 0 fully saturated rings. The molecule has 0 saturated carbocycles. The Morgan fingerprint density at radius 2 is 0.872 bits per heavy atom. The summed E-state index contributed by atoms with van der Waals surface area (Å²) >= 11 is 0. The molecule has 4 nitrogen and oxygen atoms in total. The van der Waals surface area contributed by atoms with Crippen molar-refractivity contribution in [1.29, 1.82) is 0 Å². The van der Waals surface area contributed by atoms with Gasteiger partial charge in [-0.1, -0.05) is 121 Å². The van der Waals surface area contributed by atoms with Gasteiger partial charge in [0.15, 0.2) is 16.3 Å². The van der Waals surface area contributed by atoms with E-state index in [0.29, 0.717) is 17.1 Å². The first-order valence-electron chi connectivity index (χ1n) is 12.7. The molecule has 39 heavy (non-hydrogen) atoms. The van der Waals surface area contributed by atoms with Crippen molar-refractivity contribution in [3.05, 3.63) is 145 Å². The fraction of sp³-hybridized carbons (Fsp3) is 0.0606. The van der Waals surface area contributed by atoms with E-state index in [9.17, 15) is 4.79 Å². The van der Waals surface area contributed by atoms with Crippen molar-refractivity contribution in [3.63, 3.8) is 0 Å². The first kappa shape index (κ1) is 26.6. The summed E-state index contributed by atoms with van der Waals surface area (Å²) in [5, 5.41) is 4.27. The normalized spacial score (nSPS) is 10.8. The van der Waals surface area contributed by atoms with Crippen molar-refractivity contribution in [1.82, 2.24) is 0 Å². The second-order valence-corrected chi connectivity index (χ2v) is 12.1. The summed E-state index contributed by atoms with van der Waals surface area (Å²) in [5.74, 6) is 0.677. The molecule has 5 aromatic rings. The Hall–Kier alpha value is -3.97. The molecule has 5 rings (SSSR count). The second-order valence-electron chi connectivity index (χ2n) is 8.53. The Labute approximate surface area is 231 Å². The summed E-state index contributed by atoms with van der Waals surface area (Å²) in [6, 6.07) is 45.9. The third-order valence-electron chi connectivity index (χ3n) is 5.75. The summed E-state index contributed by atoms with van der Waals surface area (Å²) in [5.41, 5.74) is 0.386. The Morgan fingerprint density at radius 1 is 0.538 bits per heavy atom. The highest BCUT2D eigenvalue weighted by molar-refractivity contribution is 7.69. The fourth-order valence-corrected chi connectivity index (χ4v) is 7.40. The quantitative estimate of drug-likeness (QED) is 0.143. The molecule has 0 aliphatic carbocycles. The summed E-state index contributed by atoms with van der Waals surface area (Å²) in [6.45, 7) is 2.07. The molecule has 0 radical (unpaired) electrons. The monoisotopic (exact) mass is 550 g/mol. The molecular weight excluding hydrogens is 522 g/mol. The summed E-state index contributed by atoms with van der Waals surface area (Å²) in [7, 11) is -2.38. The van der Waals surface area contributed by atoms with E-state index in [2.05, 4.69) is 48.5 Å². The molecule has 0 saturated heterocycles. The molecule has 0 amide bonds. The average molecular weight is 551 g/mol. The van der Waals surface area contributed by atoms with Crippen molar-refractivity contribution in [3.8, 4) is 11.5 Å². The molecule has 0 aliphatic heterocycles. The highest BCUT2D eigenvalue weighted by Gasteiger charge is 2.22. The van der Waals surface area contributed by atoms with Crippen LogP contribution in [0, 0.1) is 0 Å². The Bertz CT molecular complexity index is 1300. The van der Waals surface area contributed by atoms with Gasteiger partial charge in [0.1, 0.15) is 11.5 Å². The number of hydrogen-bond acceptors (Lipinski definition) is 4. The van der Waals surface area contributed by atoms with Crippen molar-refractivity contribution < 1.29 is 18.6 Å². The van der Waals surface area contributed by atoms with Gasteiger partial charge in [0.25, 0.3) is 0 Å². The van der Waals surface area contributed by atoms with Crippen molar-refractivity contribution in [2.45, 2.75) is 6.92 Å². The minimum Gasteiger partial charge on any atom is -0.464 e. The van der Waals surface area contributed by atoms with Crippen LogP contribution < -0.4 is 30.3 Å². The van der Waals surface area contributed by atoms with Gasteiger partial charge < -0.3 is 13.8 Å². The van der Waals surface area contributed by atoms with Gasteiger partial charge >= 0.3 is 5.97 Å². The first-order chi connectivity index (χ1) is 19.2. The predicted octanol–water partition coefficient (Wildman–Crippen LogP) is 6.72. The number of ether oxygens (including phenoxy) is 1. The Morgan fingerprint density at radius 3 is 1.18 bits per heavy atom. The van der Waals surface area contributed by atoms with Gasteiger partial charge in [-0.2, -0.15) is 0 Å². The van der Waals surface area contributed by atoms with E-state index in [-0.39, 0.29) is 6.61 Å². The summed E-state index contributed by atoms with van der Waals surface area (Å²) in [4.78, 5) is 12.9. The molecule has 6 heteroatoms. The fourth-order valence-electron chi connectivity index (χ4n) is 3.98. The molecule has 0 atom stereocenters. The zero-order chi connectivity index (χ0) is 26.9. The smallest absolute Gasteiger partial charge is 0.338 e. The Balaban J connectivity index is 1.55. The lowest BCUT2D eigenvalue weighted by atomic mass is 10.2. The van der Waals surface area contributed by atoms with E-state index in [1.54, 1.807) is 19.1 Å². The zero-order valence-corrected chi connectivity index (χ0v) is 23.3. The highest BCUT2D eigenvalue weighted by atomic mass is 31.1. The lowest BCUT2D eigenvalue weighted by Gasteiger charge is -2.22. The van der Waals surface area contributed by atoms with Crippen molar-refractivity contribution >= 4 is 43.5 Å². The van der Waals surface area contributed by atoms with E-state index in [1.807, 2.05) is 78.9 Å². The van der Waals surface area contributed by atoms with Crippen molar-refractivity contribution in [2.24, 2.45) is 0 Å². The topological polar surface area (TPSA) is 44.8 Å². The number of esters is 1. The molecule has 0 heterocycles. The van der Waals surface area contributed by atoms with Gasteiger partial charge in [-0.3, -0.25) is 0 Å². The maximum absolute atomic E-state index is 12.9. The third-order valence-corrected chi connectivity index (χ3v) is 9.60. The van der Waals surface area contributed by atoms with Crippen LogP contribution in [0.15, 0.2) is 140 Å². The van der Waals surface area contributed by atoms with E-state index in [0.717, 1.165) is 21.2 Å². The number of carbonyl (C=O) groups is 1. The Kier molecular flexibility index (Phi) is 9.01. The van der Waals surface area contributed by atoms with Gasteiger partial charge in [-0.15, -0.1) is 0 Å². The van der Waals surface area contributed by atoms with Crippen LogP contribution in [0.1, 0.15) is 17.3 Å². The number of benzene rings is 5. The molecule has 0 aromatic heterocycles. The van der Waals surface area contributed by atoms with Crippen LogP contribution >= 0.6 is 16.3 Å². The second kappa shape index (κ2) is 13.2. The van der Waals surface area contributed by atoms with Crippen LogP contribution in [0.2, 0.25) is 0 Å². The maximum Gasteiger partial charge on any atom is 0.338 e. The largest absolute Gasteiger partial charge is 0.464 e. The van der Waals surface area contributed by atoms with Gasteiger partial charge in [-0.05, 0) is 19.1 Å². The molecule has 0 unspecified atom stereocenters. The maximum atomic E-state index is 12.9. The van der Waals surface area contributed by atoms with Crippen LogP contribution in [0.4, 0.5) is 0 Å². The van der Waals surface area contributed by atoms with E-state index < -0.39 is 22.3 Å². The minimum atomic E-state index is -1.19. The first-order valence-corrected chi connectivity index (χ1v) is 15.2. The van der Waals surface area contributed by atoms with Gasteiger partial charge in [0.05, 0.1) is 12.2 Å². The predicted molar refractivity (Wildman–Crippen MR) is 162 cm³/mol. The third kappa shape index (κ3) is 6.92. The minimum absolute atomic E-state index is 0.279. The summed E-state index contributed by atoms with van der Waals surface area (Å²) in [6.07, 6.45) is 0. The van der Waals surface area contributed by atoms with Gasteiger partial charge in [0, 0.05) is 27.3 Å². The van der Waals surface area contributed by atoms with Crippen LogP contribution in [0.5, 0.6) is 11.5 Å². The van der Waals surface area contributed by atoms with Crippen LogP contribution in [0.25, 0.3) is 0 Å². The standard InChI is InChI=1S/C33H28O4P2/c1-2-35-33(34)26-23-27(36-38(29-15-7-3-8-16-29)30-17-9-4-10-18-30)25-28(24-26)37-39(31-19-11-5-12-20-31)32-21-13-6-14-22-32/h3-25H,2H2,1H3. The van der Waals surface area contributed by atoms with E-state index >= 15 is 0 Å². The number of carbonyl (C=O) groups excluding carboxylic acids is 1. The van der Waals surface area contributed by atoms with Gasteiger partial charge in [0.2, 0.25) is 0 Å². The van der Waals surface area contributed by atoms with Gasteiger partial charge in [-0.25, -0.2) is 4.79 Å². The lowest BCUT2D eigenvalue weighted by Crippen LogP contribution is -2.16. The van der Waals surface area contributed by atoms with E-state index in [4.69, 9.17) is 13.8 Å². The SMILES string of the molecule is CCOC(=O)c1cc(OP(c2ccccc2)c2ccccc2)cc(OP(c2ccccc2)c2ccccc2)c1. The van der Waals surface area contributed by atoms with Crippen LogP contribution in [-0.4, -0.2) is 12.6 Å². The van der Waals surface area contributed by atoms with E-state index in [1.165, 1.54) is 0 Å². The molecule has 0 N–H and O–H groups in total. The molecule has 194 valence electrons. The van der Waals surface area contributed by atoms with Crippen molar-refractivity contribution in [2.75, 3.05) is 6.61 Å². The molecule has 0 bridgehead atoms. The van der Waals surface area contributed by atoms with Crippen LogP contribution in [0.3, 0.4) is 0 Å². The molecule has 0 aliphatic rings. The lowest BCUT2D eigenvalue weighted by molar-refractivity contribution is 0.0526. The number of rotatable bonds is 10. The average Bonchev–Trinajstić information content (AvgIpc) is 3.00. The zero-order valence-electron chi connectivity index (χ0n) is 21.5. The number of hydrogen-bond donors (Lipinski definition) is 0. The van der Waals surface area contributed by atoms with Crippen LogP contribution in [-0.2, 0) is 4.74 Å². The molecule has 0 spiro atoms. The highest BCUT2D eigenvalue weighted by Crippen LogP contribution is 2.42. The molecule has 5 aromatic carbocycles. The molecular formula is C33H28O4P2.